The second-order valence-electron chi connectivity index (χ2n) is 5.31. The molecule has 8 nitrogen and oxygen atoms in total. The summed E-state index contributed by atoms with van der Waals surface area (Å²) < 4.78 is 75.1. The van der Waals surface area contributed by atoms with Gasteiger partial charge in [0.25, 0.3) is 10.0 Å². The molecule has 26 heavy (non-hydrogen) atoms. The van der Waals surface area contributed by atoms with Gasteiger partial charge in [0.1, 0.15) is 6.04 Å². The number of carbonyl (C=O) groups is 1. The molecule has 13 heteroatoms. The zero-order valence-electron chi connectivity index (χ0n) is 13.7. The number of esters is 1. The Morgan fingerprint density at radius 2 is 2.00 bits per heavy atom. The van der Waals surface area contributed by atoms with Crippen molar-refractivity contribution < 1.29 is 35.5 Å². The van der Waals surface area contributed by atoms with Crippen LogP contribution >= 0.6 is 12.4 Å². The molecule has 2 heterocycles. The van der Waals surface area contributed by atoms with Crippen molar-refractivity contribution in [2.24, 2.45) is 0 Å². The van der Waals surface area contributed by atoms with Gasteiger partial charge >= 0.3 is 12.1 Å². The summed E-state index contributed by atoms with van der Waals surface area (Å²) in [7, 11) is -3.26. The van der Waals surface area contributed by atoms with E-state index in [0.717, 1.165) is 19.2 Å². The van der Waals surface area contributed by atoms with Crippen molar-refractivity contribution in [1.29, 1.82) is 0 Å². The van der Waals surface area contributed by atoms with Gasteiger partial charge in [-0.3, -0.25) is 4.90 Å². The number of furan rings is 1. The highest BCUT2D eigenvalue weighted by Crippen LogP contribution is 2.25. The van der Waals surface area contributed by atoms with E-state index in [4.69, 9.17) is 4.42 Å². The molecule has 1 fully saturated rings. The van der Waals surface area contributed by atoms with Crippen molar-refractivity contribution in [2.75, 3.05) is 39.8 Å². The molecule has 0 bridgehead atoms. The highest BCUT2D eigenvalue weighted by molar-refractivity contribution is 7.89. The first-order valence-electron chi connectivity index (χ1n) is 7.34. The first-order chi connectivity index (χ1) is 11.6. The van der Waals surface area contributed by atoms with Gasteiger partial charge in [0, 0.05) is 32.7 Å². The molecule has 0 aliphatic carbocycles. The predicted octanol–water partition coefficient (Wildman–Crippen LogP) is 0.602. The van der Waals surface area contributed by atoms with Gasteiger partial charge in [0.15, 0.2) is 0 Å². The lowest BCUT2D eigenvalue weighted by Gasteiger charge is -2.35. The number of piperazine rings is 1. The number of nitrogens with zero attached hydrogens (tertiary/aromatic N) is 1. The van der Waals surface area contributed by atoms with Crippen LogP contribution in [-0.4, -0.2) is 71.3 Å². The zero-order chi connectivity index (χ0) is 18.7. The van der Waals surface area contributed by atoms with E-state index in [9.17, 15) is 26.4 Å². The molecular weight excluding hydrogens is 403 g/mol. The minimum Gasteiger partial charge on any atom is -0.463 e. The number of hydrogen-bond donors (Lipinski definition) is 2. The number of ether oxygens (including phenoxy) is 1. The molecule has 1 aromatic heterocycles. The summed E-state index contributed by atoms with van der Waals surface area (Å²) in [6.07, 6.45) is -4.60. The average Bonchev–Trinajstić information content (AvgIpc) is 3.05. The number of rotatable bonds is 6. The van der Waals surface area contributed by atoms with Crippen LogP contribution in [0.2, 0.25) is 0 Å². The normalized spacial score (nSPS) is 17.4. The fraction of sp³-hybridized carbons (Fsp3) is 0.615. The molecule has 0 radical (unpaired) electrons. The van der Waals surface area contributed by atoms with Crippen LogP contribution in [-0.2, 0) is 14.8 Å². The number of carbonyl (C=O) groups excluding carboxylic acids is 1. The molecule has 0 spiro atoms. The Bertz CT molecular complexity index is 704. The molecule has 150 valence electrons. The lowest BCUT2D eigenvalue weighted by Crippen LogP contribution is -2.57. The fourth-order valence-corrected chi connectivity index (χ4v) is 3.35. The predicted molar refractivity (Wildman–Crippen MR) is 86.8 cm³/mol. The Labute approximate surface area is 154 Å². The van der Waals surface area contributed by atoms with E-state index in [2.05, 4.69) is 10.1 Å². The summed E-state index contributed by atoms with van der Waals surface area (Å²) in [6, 6.07) is 0.0827. The van der Waals surface area contributed by atoms with Gasteiger partial charge in [0.2, 0.25) is 10.9 Å². The Kier molecular flexibility index (Phi) is 7.89. The van der Waals surface area contributed by atoms with Crippen LogP contribution in [0.5, 0.6) is 0 Å². The molecule has 0 saturated carbocycles. The molecule has 0 amide bonds. The van der Waals surface area contributed by atoms with E-state index in [1.54, 1.807) is 0 Å². The largest absolute Gasteiger partial charge is 0.463 e. The maximum atomic E-state index is 13.3. The SMILES string of the molecule is COC(=O)c1ccc(S(=O)(=O)NCC(N2CCNCC2)C(F)(F)F)o1.Cl. The topological polar surface area (TPSA) is 101 Å². The smallest absolute Gasteiger partial charge is 0.405 e. The van der Waals surface area contributed by atoms with Crippen LogP contribution in [0.1, 0.15) is 10.6 Å². The quantitative estimate of drug-likeness (QED) is 0.649. The van der Waals surface area contributed by atoms with E-state index >= 15 is 0 Å². The number of methoxy groups -OCH3 is 1. The van der Waals surface area contributed by atoms with Crippen LogP contribution in [0.3, 0.4) is 0 Å². The Morgan fingerprint density at radius 1 is 1.38 bits per heavy atom. The highest BCUT2D eigenvalue weighted by atomic mass is 35.5. The maximum absolute atomic E-state index is 13.3. The summed E-state index contributed by atoms with van der Waals surface area (Å²) in [4.78, 5) is 12.4. The third-order valence-corrected chi connectivity index (χ3v) is 4.97. The second-order valence-corrected chi connectivity index (χ2v) is 7.00. The first kappa shape index (κ1) is 22.7. The maximum Gasteiger partial charge on any atom is 0.405 e. The van der Waals surface area contributed by atoms with E-state index in [1.807, 2.05) is 4.72 Å². The van der Waals surface area contributed by atoms with Crippen molar-refractivity contribution >= 4 is 28.4 Å². The van der Waals surface area contributed by atoms with Gasteiger partial charge in [-0.2, -0.15) is 13.2 Å². The molecule has 1 saturated heterocycles. The molecule has 1 aliphatic rings. The van der Waals surface area contributed by atoms with Gasteiger partial charge in [-0.1, -0.05) is 0 Å². The molecular formula is C13H19ClF3N3O5S. The molecule has 2 N–H and O–H groups in total. The van der Waals surface area contributed by atoms with Crippen molar-refractivity contribution in [1.82, 2.24) is 14.9 Å². The number of alkyl halides is 3. The number of halogens is 4. The lowest BCUT2D eigenvalue weighted by molar-refractivity contribution is -0.182. The van der Waals surface area contributed by atoms with Crippen LogP contribution in [0.4, 0.5) is 13.2 Å². The van der Waals surface area contributed by atoms with E-state index in [0.29, 0.717) is 13.1 Å². The standard InChI is InChI=1S/C13H18F3N3O5S.ClH/c1-23-12(20)9-2-3-11(24-9)25(21,22)18-8-10(13(14,15)16)19-6-4-17-5-7-19;/h2-3,10,17-18H,4-8H2,1H3;1H. The molecule has 1 aromatic rings. The third-order valence-electron chi connectivity index (χ3n) is 3.67. The first-order valence-corrected chi connectivity index (χ1v) is 8.83. The molecule has 0 aromatic carbocycles. The Balaban J connectivity index is 0.00000338. The van der Waals surface area contributed by atoms with Gasteiger partial charge in [-0.25, -0.2) is 17.9 Å². The van der Waals surface area contributed by atoms with Crippen LogP contribution in [0, 0.1) is 0 Å². The number of sulfonamides is 1. The summed E-state index contributed by atoms with van der Waals surface area (Å²) >= 11 is 0. The van der Waals surface area contributed by atoms with E-state index < -0.39 is 39.8 Å². The van der Waals surface area contributed by atoms with Gasteiger partial charge in [-0.05, 0) is 12.1 Å². The number of nitrogens with one attached hydrogen (secondary N) is 2. The summed E-state index contributed by atoms with van der Waals surface area (Å²) in [5.41, 5.74) is 0. The molecule has 1 aliphatic heterocycles. The monoisotopic (exact) mass is 421 g/mol. The van der Waals surface area contributed by atoms with Crippen molar-refractivity contribution in [3.05, 3.63) is 17.9 Å². The minimum absolute atomic E-state index is 0. The van der Waals surface area contributed by atoms with Crippen LogP contribution in [0.25, 0.3) is 0 Å². The highest BCUT2D eigenvalue weighted by Gasteiger charge is 2.44. The van der Waals surface area contributed by atoms with Crippen molar-refractivity contribution in [3.8, 4) is 0 Å². The molecule has 1 atom stereocenters. The average molecular weight is 422 g/mol. The summed E-state index contributed by atoms with van der Waals surface area (Å²) in [5.74, 6) is -1.26. The van der Waals surface area contributed by atoms with Gasteiger partial charge in [0.05, 0.1) is 7.11 Å². The van der Waals surface area contributed by atoms with Crippen molar-refractivity contribution in [2.45, 2.75) is 17.3 Å². The van der Waals surface area contributed by atoms with Gasteiger partial charge in [-0.15, -0.1) is 12.4 Å². The van der Waals surface area contributed by atoms with E-state index in [-0.39, 0.29) is 31.3 Å². The van der Waals surface area contributed by atoms with Crippen molar-refractivity contribution in [3.63, 3.8) is 0 Å². The Morgan fingerprint density at radius 3 is 2.54 bits per heavy atom. The minimum atomic E-state index is -4.60. The summed E-state index contributed by atoms with van der Waals surface area (Å²) in [6.45, 7) is 0.221. The van der Waals surface area contributed by atoms with Crippen LogP contribution < -0.4 is 10.0 Å². The molecule has 1 unspecified atom stereocenters. The zero-order valence-corrected chi connectivity index (χ0v) is 15.3. The third kappa shape index (κ3) is 5.58. The molecule has 2 rings (SSSR count). The fourth-order valence-electron chi connectivity index (χ4n) is 2.38. The van der Waals surface area contributed by atoms with E-state index in [1.165, 1.54) is 4.90 Å². The summed E-state index contributed by atoms with van der Waals surface area (Å²) in [5, 5.41) is 2.27. The second kappa shape index (κ2) is 9.04. The Hall–Kier alpha value is -1.34. The van der Waals surface area contributed by atoms with Gasteiger partial charge < -0.3 is 14.5 Å². The lowest BCUT2D eigenvalue weighted by atomic mass is 10.2. The number of hydrogen-bond acceptors (Lipinski definition) is 7. The van der Waals surface area contributed by atoms with Crippen LogP contribution in [0.15, 0.2) is 21.6 Å².